The molecule has 0 heterocycles. The zero-order valence-electron chi connectivity index (χ0n) is 12.1. The summed E-state index contributed by atoms with van der Waals surface area (Å²) in [7, 11) is 1.59. The number of carbonyl (C=O) groups is 1. The molecule has 0 aromatic heterocycles. The number of hydrogen-bond acceptors (Lipinski definition) is 3. The predicted octanol–water partition coefficient (Wildman–Crippen LogP) is 1.82. The number of hydrogen-bond donors (Lipinski definition) is 2. The van der Waals surface area contributed by atoms with E-state index in [0.29, 0.717) is 12.2 Å². The Labute approximate surface area is 114 Å². The summed E-state index contributed by atoms with van der Waals surface area (Å²) in [5, 5.41) is 12.6. The number of benzene rings is 1. The number of methoxy groups -OCH3 is 1. The van der Waals surface area contributed by atoms with Crippen molar-refractivity contribution in [3.05, 3.63) is 29.3 Å². The molecule has 1 atom stereocenters. The third-order valence-electron chi connectivity index (χ3n) is 3.21. The van der Waals surface area contributed by atoms with Crippen LogP contribution in [0.25, 0.3) is 0 Å². The average Bonchev–Trinajstić information content (AvgIpc) is 2.37. The van der Waals surface area contributed by atoms with Crippen LogP contribution in [-0.2, 0) is 11.2 Å². The lowest BCUT2D eigenvalue weighted by atomic mass is 10.0. The molecule has 4 heteroatoms. The highest BCUT2D eigenvalue weighted by Crippen LogP contribution is 2.20. The van der Waals surface area contributed by atoms with Gasteiger partial charge in [0.25, 0.3) is 0 Å². The first-order valence-corrected chi connectivity index (χ1v) is 6.50. The number of aryl methyl sites for hydroxylation is 1. The van der Waals surface area contributed by atoms with E-state index in [-0.39, 0.29) is 18.9 Å². The quantitative estimate of drug-likeness (QED) is 0.825. The lowest BCUT2D eigenvalue weighted by Crippen LogP contribution is -2.40. The fraction of sp³-hybridized carbons (Fsp3) is 0.533. The molecule has 106 valence electrons. The van der Waals surface area contributed by atoms with Gasteiger partial charge in [-0.25, -0.2) is 0 Å². The first-order valence-electron chi connectivity index (χ1n) is 6.50. The van der Waals surface area contributed by atoms with E-state index in [1.807, 2.05) is 32.0 Å². The molecule has 0 fully saturated rings. The molecule has 0 aliphatic carbocycles. The molecular weight excluding hydrogens is 242 g/mol. The summed E-state index contributed by atoms with van der Waals surface area (Å²) in [6, 6.07) is 5.75. The summed E-state index contributed by atoms with van der Waals surface area (Å²) in [6.45, 7) is 5.83. The van der Waals surface area contributed by atoms with E-state index in [1.54, 1.807) is 14.0 Å². The standard InChI is InChI=1S/C15H23NO3/c1-5-15(3,18)10-16-14(17)9-12-8-11(2)6-7-13(12)19-4/h6-8,18H,5,9-10H2,1-4H3,(H,16,17). The molecule has 2 N–H and O–H groups in total. The van der Waals surface area contributed by atoms with Crippen LogP contribution in [0.5, 0.6) is 5.75 Å². The normalized spacial score (nSPS) is 13.7. The highest BCUT2D eigenvalue weighted by molar-refractivity contribution is 5.79. The van der Waals surface area contributed by atoms with Crippen molar-refractivity contribution in [1.29, 1.82) is 0 Å². The molecule has 0 aliphatic rings. The zero-order valence-corrected chi connectivity index (χ0v) is 12.1. The van der Waals surface area contributed by atoms with Crippen molar-refractivity contribution in [3.8, 4) is 5.75 Å². The molecule has 1 unspecified atom stereocenters. The second-order valence-electron chi connectivity index (χ2n) is 5.12. The van der Waals surface area contributed by atoms with Gasteiger partial charge in [-0.1, -0.05) is 24.6 Å². The minimum absolute atomic E-state index is 0.113. The number of amides is 1. The van der Waals surface area contributed by atoms with Gasteiger partial charge in [-0.05, 0) is 26.3 Å². The highest BCUT2D eigenvalue weighted by Gasteiger charge is 2.18. The van der Waals surface area contributed by atoms with E-state index in [4.69, 9.17) is 4.74 Å². The van der Waals surface area contributed by atoms with E-state index >= 15 is 0 Å². The molecule has 4 nitrogen and oxygen atoms in total. The Hall–Kier alpha value is -1.55. The summed E-state index contributed by atoms with van der Waals surface area (Å²) in [5.41, 5.74) is 1.09. The van der Waals surface area contributed by atoms with Crippen LogP contribution < -0.4 is 10.1 Å². The third-order valence-corrected chi connectivity index (χ3v) is 3.21. The molecule has 19 heavy (non-hydrogen) atoms. The third kappa shape index (κ3) is 4.91. The average molecular weight is 265 g/mol. The first kappa shape index (κ1) is 15.5. The lowest BCUT2D eigenvalue weighted by Gasteiger charge is -2.21. The molecule has 1 rings (SSSR count). The molecule has 1 amide bonds. The number of nitrogens with one attached hydrogen (secondary N) is 1. The van der Waals surface area contributed by atoms with Crippen LogP contribution in [-0.4, -0.2) is 30.3 Å². The molecule has 1 aromatic carbocycles. The number of carbonyl (C=O) groups excluding carboxylic acids is 1. The molecule has 0 radical (unpaired) electrons. The van der Waals surface area contributed by atoms with E-state index in [1.165, 1.54) is 0 Å². The van der Waals surface area contributed by atoms with Crippen LogP contribution in [0.4, 0.5) is 0 Å². The maximum Gasteiger partial charge on any atom is 0.224 e. The van der Waals surface area contributed by atoms with Crippen molar-refractivity contribution in [1.82, 2.24) is 5.32 Å². The van der Waals surface area contributed by atoms with Crippen LogP contribution in [0.1, 0.15) is 31.4 Å². The Bertz CT molecular complexity index is 441. The van der Waals surface area contributed by atoms with E-state index in [2.05, 4.69) is 5.32 Å². The summed E-state index contributed by atoms with van der Waals surface area (Å²) in [4.78, 5) is 11.9. The highest BCUT2D eigenvalue weighted by atomic mass is 16.5. The number of ether oxygens (including phenoxy) is 1. The summed E-state index contributed by atoms with van der Waals surface area (Å²) >= 11 is 0. The van der Waals surface area contributed by atoms with Crippen molar-refractivity contribution in [2.75, 3.05) is 13.7 Å². The first-order chi connectivity index (χ1) is 8.88. The molecular formula is C15H23NO3. The fourth-order valence-corrected chi connectivity index (χ4v) is 1.69. The van der Waals surface area contributed by atoms with Gasteiger partial charge in [-0.2, -0.15) is 0 Å². The maximum atomic E-state index is 11.9. The molecule has 1 aromatic rings. The largest absolute Gasteiger partial charge is 0.496 e. The van der Waals surface area contributed by atoms with Crippen LogP contribution in [0.2, 0.25) is 0 Å². The maximum absolute atomic E-state index is 11.9. The van der Waals surface area contributed by atoms with Crippen molar-refractivity contribution < 1.29 is 14.6 Å². The van der Waals surface area contributed by atoms with Gasteiger partial charge >= 0.3 is 0 Å². The topological polar surface area (TPSA) is 58.6 Å². The van der Waals surface area contributed by atoms with Crippen molar-refractivity contribution >= 4 is 5.91 Å². The zero-order chi connectivity index (χ0) is 14.5. The van der Waals surface area contributed by atoms with Gasteiger partial charge in [0.05, 0.1) is 19.1 Å². The predicted molar refractivity (Wildman–Crippen MR) is 75.4 cm³/mol. The van der Waals surface area contributed by atoms with E-state index in [9.17, 15) is 9.90 Å². The van der Waals surface area contributed by atoms with Crippen LogP contribution in [0, 0.1) is 6.92 Å². The van der Waals surface area contributed by atoms with Crippen LogP contribution in [0.3, 0.4) is 0 Å². The minimum atomic E-state index is -0.855. The Morgan fingerprint density at radius 1 is 1.47 bits per heavy atom. The molecule has 0 spiro atoms. The molecule has 0 saturated heterocycles. The van der Waals surface area contributed by atoms with Crippen LogP contribution in [0.15, 0.2) is 18.2 Å². The number of aliphatic hydroxyl groups is 1. The Kier molecular flexibility index (Phi) is 5.36. The lowest BCUT2D eigenvalue weighted by molar-refractivity contribution is -0.121. The van der Waals surface area contributed by atoms with Crippen LogP contribution >= 0.6 is 0 Å². The molecule has 0 saturated carbocycles. The van der Waals surface area contributed by atoms with E-state index < -0.39 is 5.60 Å². The second-order valence-corrected chi connectivity index (χ2v) is 5.12. The second kappa shape index (κ2) is 6.57. The molecule has 0 bridgehead atoms. The monoisotopic (exact) mass is 265 g/mol. The Balaban J connectivity index is 2.64. The van der Waals surface area contributed by atoms with Gasteiger partial charge in [-0.15, -0.1) is 0 Å². The van der Waals surface area contributed by atoms with Gasteiger partial charge < -0.3 is 15.2 Å². The van der Waals surface area contributed by atoms with Crippen molar-refractivity contribution in [3.63, 3.8) is 0 Å². The minimum Gasteiger partial charge on any atom is -0.496 e. The fourth-order valence-electron chi connectivity index (χ4n) is 1.69. The number of rotatable bonds is 6. The van der Waals surface area contributed by atoms with Gasteiger partial charge in [0.15, 0.2) is 0 Å². The van der Waals surface area contributed by atoms with Gasteiger partial charge in [0.1, 0.15) is 5.75 Å². The van der Waals surface area contributed by atoms with Crippen molar-refractivity contribution in [2.45, 2.75) is 39.2 Å². The molecule has 0 aliphatic heterocycles. The Morgan fingerprint density at radius 2 is 2.16 bits per heavy atom. The van der Waals surface area contributed by atoms with E-state index in [0.717, 1.165) is 11.1 Å². The SMILES string of the molecule is CCC(C)(O)CNC(=O)Cc1cc(C)ccc1OC. The summed E-state index contributed by atoms with van der Waals surface area (Å²) in [6.07, 6.45) is 0.853. The van der Waals surface area contributed by atoms with Gasteiger partial charge in [0.2, 0.25) is 5.91 Å². The summed E-state index contributed by atoms with van der Waals surface area (Å²) in [5.74, 6) is 0.598. The Morgan fingerprint density at radius 3 is 2.74 bits per heavy atom. The van der Waals surface area contributed by atoms with Gasteiger partial charge in [0, 0.05) is 12.1 Å². The smallest absolute Gasteiger partial charge is 0.224 e. The van der Waals surface area contributed by atoms with Gasteiger partial charge in [-0.3, -0.25) is 4.79 Å². The van der Waals surface area contributed by atoms with Crippen molar-refractivity contribution in [2.24, 2.45) is 0 Å². The summed E-state index contributed by atoms with van der Waals surface area (Å²) < 4.78 is 5.24.